The summed E-state index contributed by atoms with van der Waals surface area (Å²) in [4.78, 5) is 36.8. The minimum Gasteiger partial charge on any atom is -0.481 e. The van der Waals surface area contributed by atoms with E-state index in [0.29, 0.717) is 18.5 Å². The van der Waals surface area contributed by atoms with Gasteiger partial charge in [-0.3, -0.25) is 14.4 Å². The number of carboxylic acid groups (broad SMARTS) is 1. The average Bonchev–Trinajstić information content (AvgIpc) is 2.89. The summed E-state index contributed by atoms with van der Waals surface area (Å²) in [6.07, 6.45) is 0.645. The molecule has 2 rings (SSSR count). The number of carboxylic acids is 1. The molecule has 0 spiro atoms. The fraction of sp³-hybridized carbons (Fsp3) is 0.438. The molecule has 2 N–H and O–H groups in total. The van der Waals surface area contributed by atoms with E-state index in [9.17, 15) is 14.4 Å². The number of likely N-dealkylation sites (tertiary alicyclic amines) is 1. The Kier molecular flexibility index (Phi) is 5.76. The number of aliphatic carboxylic acids is 1. The number of benzene rings is 1. The van der Waals surface area contributed by atoms with Gasteiger partial charge in [-0.15, -0.1) is 0 Å². The van der Waals surface area contributed by atoms with E-state index in [1.165, 1.54) is 0 Å². The molecule has 6 nitrogen and oxygen atoms in total. The molecular formula is C16H19BrN2O4. The van der Waals surface area contributed by atoms with Crippen molar-refractivity contribution in [3.8, 4) is 0 Å². The fourth-order valence-corrected chi connectivity index (χ4v) is 3.02. The van der Waals surface area contributed by atoms with E-state index < -0.39 is 11.9 Å². The molecule has 1 aromatic rings. The number of nitrogens with zero attached hydrogens (tertiary/aromatic N) is 1. The van der Waals surface area contributed by atoms with Gasteiger partial charge in [-0.1, -0.05) is 15.9 Å². The smallest absolute Gasteiger partial charge is 0.308 e. The maximum atomic E-state index is 12.2. The molecule has 1 saturated heterocycles. The Morgan fingerprint density at radius 1 is 1.30 bits per heavy atom. The summed E-state index contributed by atoms with van der Waals surface area (Å²) in [5.41, 5.74) is 0.529. The molecule has 124 valence electrons. The number of halogens is 1. The molecule has 7 heteroatoms. The van der Waals surface area contributed by atoms with Crippen molar-refractivity contribution in [3.05, 3.63) is 34.3 Å². The average molecular weight is 383 g/mol. The van der Waals surface area contributed by atoms with Crippen LogP contribution in [0, 0.1) is 5.92 Å². The number of carbonyl (C=O) groups is 3. The van der Waals surface area contributed by atoms with Crippen molar-refractivity contribution in [2.75, 3.05) is 13.1 Å². The molecule has 2 atom stereocenters. The van der Waals surface area contributed by atoms with Crippen LogP contribution in [0.5, 0.6) is 0 Å². The molecule has 2 amide bonds. The first-order chi connectivity index (χ1) is 10.9. The number of nitrogens with one attached hydrogen (secondary N) is 1. The summed E-state index contributed by atoms with van der Waals surface area (Å²) in [6.45, 7) is 2.44. The lowest BCUT2D eigenvalue weighted by atomic mass is 10.0. The van der Waals surface area contributed by atoms with E-state index in [0.717, 1.165) is 4.47 Å². The van der Waals surface area contributed by atoms with Gasteiger partial charge in [0.25, 0.3) is 5.91 Å². The van der Waals surface area contributed by atoms with Crippen LogP contribution in [0.15, 0.2) is 28.7 Å². The molecule has 1 aliphatic heterocycles. The van der Waals surface area contributed by atoms with Gasteiger partial charge in [0.05, 0.1) is 5.92 Å². The SMILES string of the molecule is CC1C(C(=O)O)CCN1C(=O)CCNC(=O)c1ccc(Br)cc1. The minimum absolute atomic E-state index is 0.127. The lowest BCUT2D eigenvalue weighted by Gasteiger charge is -2.23. The van der Waals surface area contributed by atoms with Crippen molar-refractivity contribution >= 4 is 33.7 Å². The Bertz CT molecular complexity index is 603. The van der Waals surface area contributed by atoms with Gasteiger partial charge in [0, 0.05) is 35.6 Å². The second-order valence-corrected chi connectivity index (χ2v) is 6.49. The van der Waals surface area contributed by atoms with Gasteiger partial charge in [-0.25, -0.2) is 0 Å². The predicted molar refractivity (Wildman–Crippen MR) is 88.0 cm³/mol. The van der Waals surface area contributed by atoms with Gasteiger partial charge in [0.1, 0.15) is 0 Å². The van der Waals surface area contributed by atoms with Crippen molar-refractivity contribution in [1.82, 2.24) is 10.2 Å². The zero-order chi connectivity index (χ0) is 17.0. The summed E-state index contributed by atoms with van der Waals surface area (Å²) >= 11 is 3.30. The van der Waals surface area contributed by atoms with Crippen molar-refractivity contribution in [3.63, 3.8) is 0 Å². The highest BCUT2D eigenvalue weighted by Gasteiger charge is 2.37. The summed E-state index contributed by atoms with van der Waals surface area (Å²) in [5, 5.41) is 11.8. The number of hydrogen-bond acceptors (Lipinski definition) is 3. The number of amides is 2. The molecule has 1 fully saturated rings. The van der Waals surface area contributed by atoms with Gasteiger partial charge in [0.2, 0.25) is 5.91 Å². The normalized spacial score (nSPS) is 20.3. The van der Waals surface area contributed by atoms with E-state index >= 15 is 0 Å². The lowest BCUT2D eigenvalue weighted by molar-refractivity contribution is -0.143. The van der Waals surface area contributed by atoms with E-state index in [2.05, 4.69) is 21.2 Å². The summed E-state index contributed by atoms with van der Waals surface area (Å²) in [7, 11) is 0. The molecule has 1 heterocycles. The van der Waals surface area contributed by atoms with Crippen LogP contribution in [-0.2, 0) is 9.59 Å². The van der Waals surface area contributed by atoms with Crippen molar-refractivity contribution < 1.29 is 19.5 Å². The largest absolute Gasteiger partial charge is 0.481 e. The van der Waals surface area contributed by atoms with Crippen LogP contribution in [-0.4, -0.2) is 46.9 Å². The molecular weight excluding hydrogens is 364 g/mol. The molecule has 0 aliphatic carbocycles. The van der Waals surface area contributed by atoms with Crippen molar-refractivity contribution in [1.29, 1.82) is 0 Å². The molecule has 1 aromatic carbocycles. The van der Waals surface area contributed by atoms with Gasteiger partial charge in [0.15, 0.2) is 0 Å². The molecule has 0 saturated carbocycles. The minimum atomic E-state index is -0.864. The Hall–Kier alpha value is -1.89. The Morgan fingerprint density at radius 3 is 2.52 bits per heavy atom. The third-order valence-electron chi connectivity index (χ3n) is 4.12. The second kappa shape index (κ2) is 7.59. The molecule has 23 heavy (non-hydrogen) atoms. The topological polar surface area (TPSA) is 86.7 Å². The molecule has 0 aromatic heterocycles. The lowest BCUT2D eigenvalue weighted by Crippen LogP contribution is -2.39. The maximum Gasteiger partial charge on any atom is 0.308 e. The number of hydrogen-bond donors (Lipinski definition) is 2. The van der Waals surface area contributed by atoms with Crippen LogP contribution < -0.4 is 5.32 Å². The standard InChI is InChI=1S/C16H19BrN2O4/c1-10-13(16(22)23)7-9-19(10)14(20)6-8-18-15(21)11-2-4-12(17)5-3-11/h2-5,10,13H,6-9H2,1H3,(H,18,21)(H,22,23). The van der Waals surface area contributed by atoms with Crippen LogP contribution in [0.2, 0.25) is 0 Å². The van der Waals surface area contributed by atoms with Crippen LogP contribution in [0.4, 0.5) is 0 Å². The van der Waals surface area contributed by atoms with Gasteiger partial charge in [-0.2, -0.15) is 0 Å². The van der Waals surface area contributed by atoms with E-state index in [-0.39, 0.29) is 30.8 Å². The highest BCUT2D eigenvalue weighted by molar-refractivity contribution is 9.10. The molecule has 2 unspecified atom stereocenters. The van der Waals surface area contributed by atoms with Crippen molar-refractivity contribution in [2.24, 2.45) is 5.92 Å². The first-order valence-corrected chi connectivity index (χ1v) is 8.25. The van der Waals surface area contributed by atoms with Crippen LogP contribution in [0.3, 0.4) is 0 Å². The zero-order valence-corrected chi connectivity index (χ0v) is 14.4. The summed E-state index contributed by atoms with van der Waals surface area (Å²) in [5.74, 6) is -1.73. The van der Waals surface area contributed by atoms with Crippen LogP contribution >= 0.6 is 15.9 Å². The number of rotatable bonds is 5. The zero-order valence-electron chi connectivity index (χ0n) is 12.8. The Morgan fingerprint density at radius 2 is 1.96 bits per heavy atom. The van der Waals surface area contributed by atoms with Gasteiger partial charge in [-0.05, 0) is 37.6 Å². The van der Waals surface area contributed by atoms with Crippen LogP contribution in [0.1, 0.15) is 30.1 Å². The molecule has 1 aliphatic rings. The van der Waals surface area contributed by atoms with E-state index in [1.54, 1.807) is 36.1 Å². The predicted octanol–water partition coefficient (Wildman–Crippen LogP) is 1.89. The highest BCUT2D eigenvalue weighted by Crippen LogP contribution is 2.24. The summed E-state index contributed by atoms with van der Waals surface area (Å²) < 4.78 is 0.889. The Balaban J connectivity index is 1.80. The maximum absolute atomic E-state index is 12.2. The molecule has 0 radical (unpaired) electrons. The van der Waals surface area contributed by atoms with E-state index in [4.69, 9.17) is 5.11 Å². The summed E-state index contributed by atoms with van der Waals surface area (Å²) in [6, 6.07) is 6.64. The quantitative estimate of drug-likeness (QED) is 0.813. The number of carbonyl (C=O) groups excluding carboxylic acids is 2. The first kappa shape index (κ1) is 17.5. The van der Waals surface area contributed by atoms with Gasteiger partial charge < -0.3 is 15.3 Å². The first-order valence-electron chi connectivity index (χ1n) is 7.46. The van der Waals surface area contributed by atoms with E-state index in [1.807, 2.05) is 0 Å². The molecule has 0 bridgehead atoms. The van der Waals surface area contributed by atoms with Gasteiger partial charge >= 0.3 is 5.97 Å². The second-order valence-electron chi connectivity index (χ2n) is 5.57. The Labute approximate surface area is 143 Å². The van der Waals surface area contributed by atoms with Crippen molar-refractivity contribution in [2.45, 2.75) is 25.8 Å². The third kappa shape index (κ3) is 4.31. The fourth-order valence-electron chi connectivity index (χ4n) is 2.75. The monoisotopic (exact) mass is 382 g/mol. The highest BCUT2D eigenvalue weighted by atomic mass is 79.9. The van der Waals surface area contributed by atoms with Crippen LogP contribution in [0.25, 0.3) is 0 Å². The third-order valence-corrected chi connectivity index (χ3v) is 4.65.